The van der Waals surface area contributed by atoms with Gasteiger partial charge in [0, 0.05) is 23.6 Å². The predicted octanol–water partition coefficient (Wildman–Crippen LogP) is 1.17. The maximum atomic E-state index is 12.1. The second kappa shape index (κ2) is 6.69. The van der Waals surface area contributed by atoms with Crippen molar-refractivity contribution in [1.29, 1.82) is 0 Å². The van der Waals surface area contributed by atoms with E-state index in [4.69, 9.17) is 10.8 Å². The van der Waals surface area contributed by atoms with Crippen molar-refractivity contribution in [2.45, 2.75) is 25.8 Å². The Bertz CT molecular complexity index is 591. The smallest absolute Gasteiger partial charge is 0.328 e. The summed E-state index contributed by atoms with van der Waals surface area (Å²) in [5.41, 5.74) is 5.35. The van der Waals surface area contributed by atoms with E-state index < -0.39 is 17.4 Å². The van der Waals surface area contributed by atoms with Crippen molar-refractivity contribution in [3.63, 3.8) is 0 Å². The highest BCUT2D eigenvalue weighted by Gasteiger charge is 2.23. The van der Waals surface area contributed by atoms with E-state index in [1.54, 1.807) is 38.1 Å². The molecular weight excluding hydrogens is 272 g/mol. The first-order chi connectivity index (χ1) is 9.69. The van der Waals surface area contributed by atoms with Crippen LogP contribution in [0.25, 0.3) is 6.08 Å². The van der Waals surface area contributed by atoms with Crippen molar-refractivity contribution in [3.8, 4) is 0 Å². The van der Waals surface area contributed by atoms with Crippen LogP contribution in [0.5, 0.6) is 0 Å². The summed E-state index contributed by atoms with van der Waals surface area (Å²) in [5, 5.41) is 11.3. The standard InChI is InChI=1S/C15H18N2O4/c1-15(2,9-12(16)18)17-14(21)11-5-3-4-10(8-11)6-7-13(19)20/h3-8H,9H2,1-2H3,(H2,16,18)(H,17,21)(H,19,20)/b7-6+. The summed E-state index contributed by atoms with van der Waals surface area (Å²) < 4.78 is 0. The van der Waals surface area contributed by atoms with Crippen LogP contribution in [0.3, 0.4) is 0 Å². The number of carboxylic acid groups (broad SMARTS) is 1. The fraction of sp³-hybridized carbons (Fsp3) is 0.267. The van der Waals surface area contributed by atoms with Gasteiger partial charge in [-0.2, -0.15) is 0 Å². The lowest BCUT2D eigenvalue weighted by atomic mass is 9.99. The van der Waals surface area contributed by atoms with Crippen LogP contribution < -0.4 is 11.1 Å². The molecule has 4 N–H and O–H groups in total. The number of carbonyl (C=O) groups excluding carboxylic acids is 2. The molecule has 6 heteroatoms. The lowest BCUT2D eigenvalue weighted by molar-refractivity contribution is -0.131. The van der Waals surface area contributed by atoms with Gasteiger partial charge < -0.3 is 16.2 Å². The van der Waals surface area contributed by atoms with Gasteiger partial charge in [0.15, 0.2) is 0 Å². The average molecular weight is 290 g/mol. The highest BCUT2D eigenvalue weighted by molar-refractivity contribution is 5.96. The zero-order chi connectivity index (χ0) is 16.0. The number of aliphatic carboxylic acids is 1. The van der Waals surface area contributed by atoms with E-state index in [0.717, 1.165) is 6.08 Å². The van der Waals surface area contributed by atoms with E-state index in [-0.39, 0.29) is 12.3 Å². The molecule has 0 fully saturated rings. The van der Waals surface area contributed by atoms with Crippen molar-refractivity contribution in [2.24, 2.45) is 5.73 Å². The van der Waals surface area contributed by atoms with Gasteiger partial charge in [0.25, 0.3) is 5.91 Å². The van der Waals surface area contributed by atoms with Gasteiger partial charge in [-0.3, -0.25) is 9.59 Å². The monoisotopic (exact) mass is 290 g/mol. The van der Waals surface area contributed by atoms with Gasteiger partial charge in [-0.15, -0.1) is 0 Å². The van der Waals surface area contributed by atoms with Gasteiger partial charge in [-0.05, 0) is 37.6 Å². The summed E-state index contributed by atoms with van der Waals surface area (Å²) in [5.74, 6) is -1.92. The van der Waals surface area contributed by atoms with Crippen LogP contribution in [-0.4, -0.2) is 28.4 Å². The van der Waals surface area contributed by atoms with E-state index >= 15 is 0 Å². The first kappa shape index (κ1) is 16.4. The Morgan fingerprint density at radius 1 is 1.33 bits per heavy atom. The third-order valence-electron chi connectivity index (χ3n) is 2.64. The lowest BCUT2D eigenvalue weighted by Gasteiger charge is -2.24. The van der Waals surface area contributed by atoms with Crippen LogP contribution in [0.2, 0.25) is 0 Å². The number of hydrogen-bond donors (Lipinski definition) is 3. The SMILES string of the molecule is CC(C)(CC(N)=O)NC(=O)c1cccc(/C=C/C(=O)O)c1. The summed E-state index contributed by atoms with van der Waals surface area (Å²) in [6, 6.07) is 6.51. The van der Waals surface area contributed by atoms with Crippen molar-refractivity contribution < 1.29 is 19.5 Å². The van der Waals surface area contributed by atoms with Crippen molar-refractivity contribution in [3.05, 3.63) is 41.5 Å². The number of rotatable bonds is 6. The highest BCUT2D eigenvalue weighted by Crippen LogP contribution is 2.12. The molecule has 0 saturated carbocycles. The second-order valence-corrected chi connectivity index (χ2v) is 5.28. The Morgan fingerprint density at radius 2 is 2.00 bits per heavy atom. The fourth-order valence-corrected chi connectivity index (χ4v) is 1.81. The van der Waals surface area contributed by atoms with Gasteiger partial charge in [0.2, 0.25) is 5.91 Å². The van der Waals surface area contributed by atoms with Gasteiger partial charge in [0.1, 0.15) is 0 Å². The van der Waals surface area contributed by atoms with E-state index in [1.807, 2.05) is 0 Å². The maximum absolute atomic E-state index is 12.1. The quantitative estimate of drug-likeness (QED) is 0.683. The van der Waals surface area contributed by atoms with E-state index in [0.29, 0.717) is 11.1 Å². The van der Waals surface area contributed by atoms with Crippen LogP contribution in [0, 0.1) is 0 Å². The van der Waals surface area contributed by atoms with E-state index in [2.05, 4.69) is 5.32 Å². The normalized spacial score (nSPS) is 11.3. The third-order valence-corrected chi connectivity index (χ3v) is 2.64. The molecule has 1 aromatic rings. The van der Waals surface area contributed by atoms with Gasteiger partial charge in [-0.1, -0.05) is 12.1 Å². The molecule has 0 heterocycles. The Hall–Kier alpha value is -2.63. The van der Waals surface area contributed by atoms with Gasteiger partial charge in [-0.25, -0.2) is 4.79 Å². The number of carboxylic acids is 1. The Balaban J connectivity index is 2.86. The first-order valence-corrected chi connectivity index (χ1v) is 6.31. The minimum Gasteiger partial charge on any atom is -0.478 e. The molecule has 2 amide bonds. The summed E-state index contributed by atoms with van der Waals surface area (Å²) in [6.45, 7) is 3.40. The van der Waals surface area contributed by atoms with Gasteiger partial charge in [0.05, 0.1) is 0 Å². The average Bonchev–Trinajstić information content (AvgIpc) is 2.34. The zero-order valence-corrected chi connectivity index (χ0v) is 11.9. The molecule has 0 radical (unpaired) electrons. The molecule has 0 aliphatic carbocycles. The molecule has 6 nitrogen and oxygen atoms in total. The van der Waals surface area contributed by atoms with Gasteiger partial charge >= 0.3 is 5.97 Å². The maximum Gasteiger partial charge on any atom is 0.328 e. The molecule has 0 aliphatic heterocycles. The zero-order valence-electron chi connectivity index (χ0n) is 11.9. The van der Waals surface area contributed by atoms with Crippen LogP contribution in [0.1, 0.15) is 36.2 Å². The number of primary amides is 1. The Labute approximate surface area is 122 Å². The van der Waals surface area contributed by atoms with Crippen molar-refractivity contribution in [1.82, 2.24) is 5.32 Å². The molecule has 112 valence electrons. The predicted molar refractivity (Wildman–Crippen MR) is 78.5 cm³/mol. The third kappa shape index (κ3) is 5.90. The number of benzene rings is 1. The molecule has 1 rings (SSSR count). The van der Waals surface area contributed by atoms with Crippen LogP contribution >= 0.6 is 0 Å². The summed E-state index contributed by atoms with van der Waals surface area (Å²) in [7, 11) is 0. The van der Waals surface area contributed by atoms with Crippen LogP contribution in [0.4, 0.5) is 0 Å². The largest absolute Gasteiger partial charge is 0.478 e. The number of hydrogen-bond acceptors (Lipinski definition) is 3. The Kier molecular flexibility index (Phi) is 5.24. The highest BCUT2D eigenvalue weighted by atomic mass is 16.4. The number of nitrogens with two attached hydrogens (primary N) is 1. The fourth-order valence-electron chi connectivity index (χ4n) is 1.81. The van der Waals surface area contributed by atoms with Crippen molar-refractivity contribution >= 4 is 23.9 Å². The topological polar surface area (TPSA) is 109 Å². The van der Waals surface area contributed by atoms with Crippen molar-refractivity contribution in [2.75, 3.05) is 0 Å². The molecule has 0 unspecified atom stereocenters. The molecule has 0 atom stereocenters. The number of nitrogens with one attached hydrogen (secondary N) is 1. The van der Waals surface area contributed by atoms with Crippen LogP contribution in [0.15, 0.2) is 30.3 Å². The van der Waals surface area contributed by atoms with E-state index in [9.17, 15) is 14.4 Å². The molecule has 0 spiro atoms. The molecular formula is C15H18N2O4. The minimum absolute atomic E-state index is 0.0251. The molecule has 0 aliphatic rings. The molecule has 1 aromatic carbocycles. The second-order valence-electron chi connectivity index (χ2n) is 5.28. The minimum atomic E-state index is -1.06. The summed E-state index contributed by atoms with van der Waals surface area (Å²) in [4.78, 5) is 33.5. The number of carbonyl (C=O) groups is 3. The number of amides is 2. The molecule has 21 heavy (non-hydrogen) atoms. The van der Waals surface area contributed by atoms with E-state index in [1.165, 1.54) is 6.08 Å². The molecule has 0 bridgehead atoms. The molecule has 0 saturated heterocycles. The van der Waals surface area contributed by atoms with Crippen LogP contribution in [-0.2, 0) is 9.59 Å². The Morgan fingerprint density at radius 3 is 2.57 bits per heavy atom. The summed E-state index contributed by atoms with van der Waals surface area (Å²) >= 11 is 0. The summed E-state index contributed by atoms with van der Waals surface area (Å²) in [6.07, 6.45) is 2.42. The molecule has 0 aromatic heterocycles. The lowest BCUT2D eigenvalue weighted by Crippen LogP contribution is -2.46. The first-order valence-electron chi connectivity index (χ1n) is 6.31.